The SMILES string of the molecule is COc1cccc([C@H]2CC(=O)Nc3c2c(=O)[nH]c2nc4ccccc4n32)c1OC. The number of nitrogens with one attached hydrogen (secondary N) is 2. The maximum absolute atomic E-state index is 13.1. The van der Waals surface area contributed by atoms with Crippen LogP contribution in [0.4, 0.5) is 5.82 Å². The number of benzene rings is 2. The summed E-state index contributed by atoms with van der Waals surface area (Å²) in [6, 6.07) is 13.0. The van der Waals surface area contributed by atoms with Crippen LogP contribution in [0.25, 0.3) is 16.8 Å². The van der Waals surface area contributed by atoms with Crippen LogP contribution in [0.15, 0.2) is 47.3 Å². The van der Waals surface area contributed by atoms with Crippen LogP contribution in [-0.2, 0) is 4.79 Å². The van der Waals surface area contributed by atoms with Gasteiger partial charge in [0.1, 0.15) is 5.82 Å². The topological polar surface area (TPSA) is 97.7 Å². The molecule has 2 aromatic carbocycles. The number of fused-ring (bicyclic) bond motifs is 5. The maximum Gasteiger partial charge on any atom is 0.258 e. The molecule has 0 fully saturated rings. The highest BCUT2D eigenvalue weighted by molar-refractivity contribution is 5.96. The van der Waals surface area contributed by atoms with Crippen molar-refractivity contribution in [2.45, 2.75) is 12.3 Å². The van der Waals surface area contributed by atoms with Crippen molar-refractivity contribution in [2.24, 2.45) is 0 Å². The fourth-order valence-corrected chi connectivity index (χ4v) is 4.10. The number of aromatic amines is 1. The Hall–Kier alpha value is -3.81. The second-order valence-electron chi connectivity index (χ2n) is 6.86. The normalized spacial score (nSPS) is 15.9. The maximum atomic E-state index is 13.1. The fraction of sp³-hybridized carbons (Fsp3) is 0.190. The predicted octanol–water partition coefficient (Wildman–Crippen LogP) is 2.67. The predicted molar refractivity (Wildman–Crippen MR) is 108 cm³/mol. The second-order valence-corrected chi connectivity index (χ2v) is 6.86. The summed E-state index contributed by atoms with van der Waals surface area (Å²) in [6.45, 7) is 0. The average molecular weight is 390 g/mol. The number of imidazole rings is 1. The van der Waals surface area contributed by atoms with Gasteiger partial charge in [0.2, 0.25) is 11.7 Å². The van der Waals surface area contributed by atoms with Crippen molar-refractivity contribution in [2.75, 3.05) is 19.5 Å². The van der Waals surface area contributed by atoms with E-state index in [1.54, 1.807) is 24.7 Å². The molecule has 0 unspecified atom stereocenters. The molecule has 1 aliphatic heterocycles. The molecule has 29 heavy (non-hydrogen) atoms. The highest BCUT2D eigenvalue weighted by atomic mass is 16.5. The van der Waals surface area contributed by atoms with E-state index in [0.717, 1.165) is 16.6 Å². The monoisotopic (exact) mass is 390 g/mol. The Kier molecular flexibility index (Phi) is 3.80. The van der Waals surface area contributed by atoms with Gasteiger partial charge in [0.25, 0.3) is 5.56 Å². The lowest BCUT2D eigenvalue weighted by atomic mass is 9.86. The molecule has 5 rings (SSSR count). The number of para-hydroxylation sites is 3. The van der Waals surface area contributed by atoms with Crippen molar-refractivity contribution >= 4 is 28.5 Å². The van der Waals surface area contributed by atoms with Gasteiger partial charge in [-0.2, -0.15) is 0 Å². The highest BCUT2D eigenvalue weighted by Crippen LogP contribution is 2.43. The molecule has 1 aliphatic rings. The molecule has 0 radical (unpaired) electrons. The van der Waals surface area contributed by atoms with Crippen molar-refractivity contribution in [3.05, 3.63) is 63.9 Å². The molecule has 2 aromatic heterocycles. The summed E-state index contributed by atoms with van der Waals surface area (Å²) in [5, 5.41) is 2.88. The number of aromatic nitrogens is 3. The number of H-pyrrole nitrogens is 1. The van der Waals surface area contributed by atoms with Crippen LogP contribution in [0.2, 0.25) is 0 Å². The molecule has 0 saturated heterocycles. The number of rotatable bonds is 3. The number of carbonyl (C=O) groups is 1. The first-order valence-corrected chi connectivity index (χ1v) is 9.16. The molecule has 0 saturated carbocycles. The highest BCUT2D eigenvalue weighted by Gasteiger charge is 2.34. The first-order valence-electron chi connectivity index (χ1n) is 9.16. The third-order valence-corrected chi connectivity index (χ3v) is 5.31. The largest absolute Gasteiger partial charge is 0.493 e. The van der Waals surface area contributed by atoms with Crippen LogP contribution in [-0.4, -0.2) is 34.5 Å². The quantitative estimate of drug-likeness (QED) is 0.561. The van der Waals surface area contributed by atoms with Crippen molar-refractivity contribution in [3.63, 3.8) is 0 Å². The number of nitrogens with zero attached hydrogens (tertiary/aromatic N) is 2. The van der Waals surface area contributed by atoms with Gasteiger partial charge in [0.15, 0.2) is 11.5 Å². The number of hydrogen-bond donors (Lipinski definition) is 2. The summed E-state index contributed by atoms with van der Waals surface area (Å²) in [7, 11) is 3.10. The lowest BCUT2D eigenvalue weighted by molar-refractivity contribution is -0.116. The summed E-state index contributed by atoms with van der Waals surface area (Å²) in [4.78, 5) is 33.1. The molecule has 8 nitrogen and oxygen atoms in total. The summed E-state index contributed by atoms with van der Waals surface area (Å²) in [5.41, 5.74) is 2.42. The van der Waals surface area contributed by atoms with Crippen LogP contribution in [0.5, 0.6) is 11.5 Å². The van der Waals surface area contributed by atoms with Crippen molar-refractivity contribution in [1.29, 1.82) is 0 Å². The Labute approximate surface area is 165 Å². The standard InChI is InChI=1S/C21H18N4O4/c1-28-15-9-5-6-11(18(15)29-2)12-10-16(26)23-19-17(12)20(27)24-21-22-13-7-3-4-8-14(13)25(19)21/h3-9,12H,10H2,1-2H3,(H,23,26)(H,22,24,27)/t12-/m1/s1. The molecule has 2 N–H and O–H groups in total. The Morgan fingerprint density at radius 2 is 1.90 bits per heavy atom. The van der Waals surface area contributed by atoms with Crippen molar-refractivity contribution < 1.29 is 14.3 Å². The van der Waals surface area contributed by atoms with Crippen LogP contribution in [0, 0.1) is 0 Å². The molecule has 8 heteroatoms. The van der Waals surface area contributed by atoms with E-state index in [4.69, 9.17) is 9.47 Å². The Morgan fingerprint density at radius 1 is 1.07 bits per heavy atom. The second kappa shape index (κ2) is 6.37. The number of amides is 1. The van der Waals surface area contributed by atoms with E-state index >= 15 is 0 Å². The van der Waals surface area contributed by atoms with Crippen molar-refractivity contribution in [1.82, 2.24) is 14.4 Å². The van der Waals surface area contributed by atoms with E-state index < -0.39 is 5.92 Å². The number of ether oxygens (including phenoxy) is 2. The Bertz CT molecular complexity index is 1340. The fourth-order valence-electron chi connectivity index (χ4n) is 4.10. The van der Waals surface area contributed by atoms with Crippen LogP contribution in [0.1, 0.15) is 23.5 Å². The average Bonchev–Trinajstić information content (AvgIpc) is 3.10. The van der Waals surface area contributed by atoms with Crippen LogP contribution in [0.3, 0.4) is 0 Å². The molecule has 3 heterocycles. The lowest BCUT2D eigenvalue weighted by Gasteiger charge is -2.27. The minimum atomic E-state index is -0.488. The number of methoxy groups -OCH3 is 2. The van der Waals surface area contributed by atoms with Crippen LogP contribution >= 0.6 is 0 Å². The van der Waals surface area contributed by atoms with E-state index in [9.17, 15) is 9.59 Å². The lowest BCUT2D eigenvalue weighted by Crippen LogP contribution is -2.32. The first kappa shape index (κ1) is 17.3. The van der Waals surface area contributed by atoms with Gasteiger partial charge in [-0.1, -0.05) is 24.3 Å². The third kappa shape index (κ3) is 2.49. The minimum absolute atomic E-state index is 0.123. The van der Waals surface area contributed by atoms with E-state index in [0.29, 0.717) is 28.7 Å². The molecular weight excluding hydrogens is 372 g/mol. The zero-order valence-electron chi connectivity index (χ0n) is 15.9. The van der Waals surface area contributed by atoms with Gasteiger partial charge in [-0.25, -0.2) is 4.98 Å². The van der Waals surface area contributed by atoms with Gasteiger partial charge in [-0.05, 0) is 18.2 Å². The number of hydrogen-bond acceptors (Lipinski definition) is 5. The zero-order valence-corrected chi connectivity index (χ0v) is 15.9. The molecule has 146 valence electrons. The van der Waals surface area contributed by atoms with Gasteiger partial charge in [-0.3, -0.25) is 19.0 Å². The van der Waals surface area contributed by atoms with Gasteiger partial charge in [0, 0.05) is 17.9 Å². The molecule has 0 aliphatic carbocycles. The summed E-state index contributed by atoms with van der Waals surface area (Å²) < 4.78 is 12.7. The zero-order chi connectivity index (χ0) is 20.1. The first-order chi connectivity index (χ1) is 14.1. The summed E-state index contributed by atoms with van der Waals surface area (Å²) >= 11 is 0. The molecule has 0 spiro atoms. The number of carbonyl (C=O) groups excluding carboxylic acids is 1. The van der Waals surface area contributed by atoms with Gasteiger partial charge in [-0.15, -0.1) is 0 Å². The Balaban J connectivity index is 1.85. The summed E-state index contributed by atoms with van der Waals surface area (Å²) in [6.07, 6.45) is 0.123. The smallest absolute Gasteiger partial charge is 0.258 e. The molecule has 0 bridgehead atoms. The van der Waals surface area contributed by atoms with E-state index in [-0.39, 0.29) is 17.9 Å². The minimum Gasteiger partial charge on any atom is -0.493 e. The third-order valence-electron chi connectivity index (χ3n) is 5.31. The molecule has 4 aromatic rings. The molecular formula is C21H18N4O4. The van der Waals surface area contributed by atoms with E-state index in [1.807, 2.05) is 36.4 Å². The van der Waals surface area contributed by atoms with E-state index in [2.05, 4.69) is 15.3 Å². The van der Waals surface area contributed by atoms with Crippen LogP contribution < -0.4 is 20.3 Å². The molecule has 1 amide bonds. The molecule has 1 atom stereocenters. The van der Waals surface area contributed by atoms with E-state index in [1.165, 1.54) is 0 Å². The van der Waals surface area contributed by atoms with Crippen molar-refractivity contribution in [3.8, 4) is 11.5 Å². The van der Waals surface area contributed by atoms with Gasteiger partial charge >= 0.3 is 0 Å². The number of anilines is 1. The summed E-state index contributed by atoms with van der Waals surface area (Å²) in [5.74, 6) is 1.20. The van der Waals surface area contributed by atoms with Gasteiger partial charge in [0.05, 0.1) is 30.8 Å². The Morgan fingerprint density at radius 3 is 2.69 bits per heavy atom. The van der Waals surface area contributed by atoms with Gasteiger partial charge < -0.3 is 14.8 Å².